The summed E-state index contributed by atoms with van der Waals surface area (Å²) in [5, 5.41) is 19.1. The SMILES string of the molecule is CCN(CC)S(=O)(=O)c1cccc(NC2=C(N[C@@H](c3ccc4c(c3)OCO4)C(C)(C)C)C(=O)NC2=O)c1O. The van der Waals surface area contributed by atoms with Gasteiger partial charge in [0, 0.05) is 13.1 Å². The van der Waals surface area contributed by atoms with Crippen LogP contribution in [-0.4, -0.2) is 49.5 Å². The van der Waals surface area contributed by atoms with Gasteiger partial charge in [-0.1, -0.05) is 46.8 Å². The highest BCUT2D eigenvalue weighted by atomic mass is 32.2. The maximum Gasteiger partial charge on any atom is 0.276 e. The first-order valence-corrected chi connectivity index (χ1v) is 13.7. The number of anilines is 1. The van der Waals surface area contributed by atoms with Gasteiger partial charge in [0.05, 0.1) is 11.7 Å². The van der Waals surface area contributed by atoms with Crippen LogP contribution >= 0.6 is 0 Å². The number of nitrogens with zero attached hydrogens (tertiary/aromatic N) is 1. The lowest BCUT2D eigenvalue weighted by molar-refractivity contribution is -0.124. The van der Waals surface area contributed by atoms with E-state index >= 15 is 0 Å². The number of nitrogens with one attached hydrogen (secondary N) is 3. The lowest BCUT2D eigenvalue weighted by Gasteiger charge is -2.33. The number of fused-ring (bicyclic) bond motifs is 1. The van der Waals surface area contributed by atoms with E-state index in [1.807, 2.05) is 32.9 Å². The second-order valence-corrected chi connectivity index (χ2v) is 11.9. The summed E-state index contributed by atoms with van der Waals surface area (Å²) in [6.45, 7) is 9.89. The first kappa shape index (κ1) is 27.3. The van der Waals surface area contributed by atoms with E-state index in [9.17, 15) is 23.1 Å². The second-order valence-electron chi connectivity index (χ2n) is 9.96. The molecule has 0 unspecified atom stereocenters. The largest absolute Gasteiger partial charge is 0.504 e. The average Bonchev–Trinajstić information content (AvgIpc) is 3.41. The van der Waals surface area contributed by atoms with Crippen molar-refractivity contribution in [2.75, 3.05) is 25.2 Å². The monoisotopic (exact) mass is 544 g/mol. The fourth-order valence-electron chi connectivity index (χ4n) is 4.42. The number of benzene rings is 2. The molecular weight excluding hydrogens is 512 g/mol. The van der Waals surface area contributed by atoms with Crippen molar-refractivity contribution in [3.63, 3.8) is 0 Å². The summed E-state index contributed by atoms with van der Waals surface area (Å²) in [6.07, 6.45) is 0. The molecule has 2 heterocycles. The lowest BCUT2D eigenvalue weighted by atomic mass is 9.82. The molecule has 0 bridgehead atoms. The number of imide groups is 1. The summed E-state index contributed by atoms with van der Waals surface area (Å²) in [5.41, 5.74) is 0.169. The molecule has 2 aliphatic heterocycles. The minimum absolute atomic E-state index is 0.0345. The summed E-state index contributed by atoms with van der Waals surface area (Å²) in [7, 11) is -3.98. The number of ether oxygens (including phenoxy) is 2. The van der Waals surface area contributed by atoms with Gasteiger partial charge < -0.3 is 25.2 Å². The van der Waals surface area contributed by atoms with Crippen LogP contribution in [0.25, 0.3) is 0 Å². The fraction of sp³-hybridized carbons (Fsp3) is 0.385. The Morgan fingerprint density at radius 3 is 2.34 bits per heavy atom. The number of hydrogen-bond donors (Lipinski definition) is 4. The molecule has 38 heavy (non-hydrogen) atoms. The molecule has 2 aromatic carbocycles. The molecule has 0 saturated carbocycles. The van der Waals surface area contributed by atoms with E-state index in [1.54, 1.807) is 19.9 Å². The molecule has 11 nitrogen and oxygen atoms in total. The van der Waals surface area contributed by atoms with Crippen molar-refractivity contribution in [1.29, 1.82) is 0 Å². The van der Waals surface area contributed by atoms with E-state index in [1.165, 1.54) is 22.5 Å². The van der Waals surface area contributed by atoms with Crippen molar-refractivity contribution in [1.82, 2.24) is 14.9 Å². The molecule has 2 amide bonds. The van der Waals surface area contributed by atoms with Gasteiger partial charge >= 0.3 is 0 Å². The van der Waals surface area contributed by atoms with Gasteiger partial charge in [-0.3, -0.25) is 14.9 Å². The van der Waals surface area contributed by atoms with Gasteiger partial charge in [0.1, 0.15) is 16.3 Å². The maximum absolute atomic E-state index is 13.0. The molecule has 0 spiro atoms. The minimum Gasteiger partial charge on any atom is -0.504 e. The van der Waals surface area contributed by atoms with Gasteiger partial charge in [-0.25, -0.2) is 8.42 Å². The van der Waals surface area contributed by atoms with Gasteiger partial charge in [-0.05, 0) is 35.2 Å². The van der Waals surface area contributed by atoms with Crippen LogP contribution in [0.15, 0.2) is 52.7 Å². The maximum atomic E-state index is 13.0. The molecule has 0 radical (unpaired) electrons. The third kappa shape index (κ3) is 5.01. The Hall–Kier alpha value is -3.77. The molecule has 1 atom stereocenters. The number of aromatic hydroxyl groups is 1. The number of rotatable bonds is 9. The number of hydrogen-bond acceptors (Lipinski definition) is 9. The summed E-state index contributed by atoms with van der Waals surface area (Å²) in [5.74, 6) is -0.728. The second kappa shape index (κ2) is 10.2. The van der Waals surface area contributed by atoms with Gasteiger partial charge in [-0.15, -0.1) is 0 Å². The fourth-order valence-corrected chi connectivity index (χ4v) is 5.98. The standard InChI is InChI=1S/C26H32N4O7S/c1-6-30(7-2)38(34,35)19-10-8-9-16(22(19)31)27-20-21(25(33)29-24(20)32)28-23(26(3,4)5)15-11-12-17-18(13-15)37-14-36-17/h8-13,23,31H,6-7,14H2,1-5H3,(H3,27,28,29,32,33)/t23-/m0/s1. The number of sulfonamides is 1. The van der Waals surface area contributed by atoms with E-state index in [2.05, 4.69) is 16.0 Å². The Bertz CT molecular complexity index is 1410. The highest BCUT2D eigenvalue weighted by molar-refractivity contribution is 7.89. The summed E-state index contributed by atoms with van der Waals surface area (Å²) < 4.78 is 38.2. The molecule has 204 valence electrons. The third-order valence-electron chi connectivity index (χ3n) is 6.40. The van der Waals surface area contributed by atoms with Gasteiger partial charge in [0.2, 0.25) is 16.8 Å². The smallest absolute Gasteiger partial charge is 0.276 e. The van der Waals surface area contributed by atoms with Crippen LogP contribution in [0.2, 0.25) is 0 Å². The Morgan fingerprint density at radius 2 is 1.68 bits per heavy atom. The highest BCUT2D eigenvalue weighted by Gasteiger charge is 2.37. The molecule has 0 aromatic heterocycles. The van der Waals surface area contributed by atoms with Crippen LogP contribution in [0.4, 0.5) is 5.69 Å². The molecule has 4 rings (SSSR count). The summed E-state index contributed by atoms with van der Waals surface area (Å²) in [4.78, 5) is 25.3. The molecule has 0 fully saturated rings. The molecule has 4 N–H and O–H groups in total. The first-order valence-electron chi connectivity index (χ1n) is 12.2. The first-order chi connectivity index (χ1) is 17.9. The molecule has 2 aromatic rings. The molecule has 2 aliphatic rings. The highest BCUT2D eigenvalue weighted by Crippen LogP contribution is 2.40. The quantitative estimate of drug-likeness (QED) is 0.276. The minimum atomic E-state index is -3.98. The van der Waals surface area contributed by atoms with E-state index in [-0.39, 0.29) is 41.9 Å². The Kier molecular flexibility index (Phi) is 7.31. The van der Waals surface area contributed by atoms with Gasteiger partial charge in [-0.2, -0.15) is 4.31 Å². The van der Waals surface area contributed by atoms with Crippen molar-refractivity contribution in [2.24, 2.45) is 5.41 Å². The van der Waals surface area contributed by atoms with Crippen molar-refractivity contribution in [2.45, 2.75) is 45.6 Å². The average molecular weight is 545 g/mol. The predicted octanol–water partition coefficient (Wildman–Crippen LogP) is 2.81. The van der Waals surface area contributed by atoms with Crippen LogP contribution in [0.5, 0.6) is 17.2 Å². The van der Waals surface area contributed by atoms with E-state index < -0.39 is 39.0 Å². The Labute approximate surface area is 221 Å². The topological polar surface area (TPSA) is 146 Å². The molecule has 0 aliphatic carbocycles. The van der Waals surface area contributed by atoms with E-state index in [0.29, 0.717) is 11.5 Å². The van der Waals surface area contributed by atoms with Gasteiger partial charge in [0.15, 0.2) is 17.2 Å². The number of phenolic OH excluding ortho intramolecular Hbond substituents is 1. The van der Waals surface area contributed by atoms with Crippen LogP contribution in [0.3, 0.4) is 0 Å². The molecular formula is C26H32N4O7S. The molecule has 0 saturated heterocycles. The van der Waals surface area contributed by atoms with Crippen molar-refractivity contribution >= 4 is 27.5 Å². The van der Waals surface area contributed by atoms with E-state index in [4.69, 9.17) is 9.47 Å². The van der Waals surface area contributed by atoms with E-state index in [0.717, 1.165) is 5.56 Å². The zero-order chi connectivity index (χ0) is 27.8. The van der Waals surface area contributed by atoms with Crippen LogP contribution < -0.4 is 25.4 Å². The van der Waals surface area contributed by atoms with Crippen molar-refractivity contribution in [3.8, 4) is 17.2 Å². The number of para-hydroxylation sites is 1. The predicted molar refractivity (Wildman–Crippen MR) is 140 cm³/mol. The van der Waals surface area contributed by atoms with Crippen molar-refractivity contribution in [3.05, 3.63) is 53.4 Å². The van der Waals surface area contributed by atoms with Gasteiger partial charge in [0.25, 0.3) is 11.8 Å². The summed E-state index contributed by atoms with van der Waals surface area (Å²) >= 11 is 0. The van der Waals surface area contributed by atoms with Crippen molar-refractivity contribution < 1.29 is 32.6 Å². The number of amides is 2. The summed E-state index contributed by atoms with van der Waals surface area (Å²) in [6, 6.07) is 9.18. The third-order valence-corrected chi connectivity index (χ3v) is 8.48. The van der Waals surface area contributed by atoms with Crippen LogP contribution in [-0.2, 0) is 19.6 Å². The normalized spacial score (nSPS) is 16.2. The van der Waals surface area contributed by atoms with Crippen LogP contribution in [0.1, 0.15) is 46.2 Å². The van der Waals surface area contributed by atoms with Crippen LogP contribution in [0, 0.1) is 5.41 Å². The Morgan fingerprint density at radius 1 is 1.03 bits per heavy atom. The zero-order valence-electron chi connectivity index (χ0n) is 21.9. The molecule has 12 heteroatoms. The Balaban J connectivity index is 1.73. The number of phenols is 1. The zero-order valence-corrected chi connectivity index (χ0v) is 22.7. The number of carbonyl (C=O) groups is 2. The number of carbonyl (C=O) groups excluding carboxylic acids is 2. The lowest BCUT2D eigenvalue weighted by Crippen LogP contribution is -2.35.